The third kappa shape index (κ3) is 4.33. The molecule has 0 N–H and O–H groups in total. The highest BCUT2D eigenvalue weighted by Crippen LogP contribution is 2.34. The Kier molecular flexibility index (Phi) is 5.35. The molecule has 5 heteroatoms. The maximum Gasteiger partial charge on any atom is 0.410 e. The van der Waals surface area contributed by atoms with Gasteiger partial charge in [0.15, 0.2) is 0 Å². The molecule has 2 bridgehead atoms. The van der Waals surface area contributed by atoms with E-state index in [1.165, 1.54) is 5.56 Å². The van der Waals surface area contributed by atoms with Crippen molar-refractivity contribution < 1.29 is 14.3 Å². The molecule has 1 aromatic rings. The van der Waals surface area contributed by atoms with Gasteiger partial charge in [0.1, 0.15) is 5.60 Å². The molecule has 25 heavy (non-hydrogen) atoms. The van der Waals surface area contributed by atoms with E-state index in [1.54, 1.807) is 0 Å². The second-order valence-electron chi connectivity index (χ2n) is 8.02. The second kappa shape index (κ2) is 7.34. The number of ether oxygens (including phenoxy) is 2. The Labute approximate surface area is 150 Å². The van der Waals surface area contributed by atoms with Crippen molar-refractivity contribution in [3.05, 3.63) is 35.9 Å². The topological polar surface area (TPSA) is 42.0 Å². The first-order valence-electron chi connectivity index (χ1n) is 9.26. The number of carbonyl (C=O) groups is 1. The van der Waals surface area contributed by atoms with Crippen LogP contribution in [0.15, 0.2) is 30.3 Å². The lowest BCUT2D eigenvalue weighted by atomic mass is 10.1. The number of benzene rings is 1. The highest BCUT2D eigenvalue weighted by molar-refractivity contribution is 5.70. The summed E-state index contributed by atoms with van der Waals surface area (Å²) in [5.41, 5.74) is 0.833. The van der Waals surface area contributed by atoms with Crippen molar-refractivity contribution >= 4 is 6.09 Å². The molecule has 1 aromatic carbocycles. The molecule has 0 unspecified atom stereocenters. The summed E-state index contributed by atoms with van der Waals surface area (Å²) < 4.78 is 11.6. The molecule has 3 rings (SSSR count). The van der Waals surface area contributed by atoms with Crippen molar-refractivity contribution in [2.24, 2.45) is 0 Å². The SMILES string of the molecule is CCO[C@H]1C[C@H]2CN(Cc3ccccc3)C[C@@H]1N2C(=O)OC(C)(C)C. The van der Waals surface area contributed by atoms with Crippen LogP contribution >= 0.6 is 0 Å². The normalized spacial score (nSPS) is 26.7. The number of amides is 1. The largest absolute Gasteiger partial charge is 0.444 e. The average molecular weight is 346 g/mol. The molecule has 2 fully saturated rings. The summed E-state index contributed by atoms with van der Waals surface area (Å²) in [4.78, 5) is 17.1. The summed E-state index contributed by atoms with van der Waals surface area (Å²) >= 11 is 0. The highest BCUT2D eigenvalue weighted by atomic mass is 16.6. The van der Waals surface area contributed by atoms with Crippen LogP contribution in [0.2, 0.25) is 0 Å². The van der Waals surface area contributed by atoms with Crippen molar-refractivity contribution in [2.45, 2.75) is 64.4 Å². The molecule has 0 radical (unpaired) electrons. The van der Waals surface area contributed by atoms with Gasteiger partial charge in [-0.15, -0.1) is 0 Å². The number of hydrogen-bond acceptors (Lipinski definition) is 4. The molecule has 2 heterocycles. The smallest absolute Gasteiger partial charge is 0.410 e. The number of nitrogens with zero attached hydrogens (tertiary/aromatic N) is 2. The van der Waals surface area contributed by atoms with E-state index < -0.39 is 5.60 Å². The molecule has 2 saturated heterocycles. The first kappa shape index (κ1) is 18.2. The Morgan fingerprint density at radius 3 is 2.56 bits per heavy atom. The van der Waals surface area contributed by atoms with Gasteiger partial charge in [-0.3, -0.25) is 9.80 Å². The fraction of sp³-hybridized carbons (Fsp3) is 0.650. The van der Waals surface area contributed by atoms with E-state index in [4.69, 9.17) is 9.47 Å². The quantitative estimate of drug-likeness (QED) is 0.839. The van der Waals surface area contributed by atoms with Crippen molar-refractivity contribution in [2.75, 3.05) is 19.7 Å². The lowest BCUT2D eigenvalue weighted by Gasteiger charge is -2.41. The first-order chi connectivity index (χ1) is 11.9. The number of fused-ring (bicyclic) bond motifs is 2. The molecular weight excluding hydrogens is 316 g/mol. The van der Waals surface area contributed by atoms with Crippen LogP contribution in [-0.2, 0) is 16.0 Å². The van der Waals surface area contributed by atoms with Crippen molar-refractivity contribution in [1.82, 2.24) is 9.80 Å². The van der Waals surface area contributed by atoms with E-state index in [0.717, 1.165) is 26.1 Å². The van der Waals surface area contributed by atoms with Gasteiger partial charge in [0.05, 0.1) is 18.2 Å². The lowest BCUT2D eigenvalue weighted by Crippen LogP contribution is -2.57. The van der Waals surface area contributed by atoms with Gasteiger partial charge in [-0.1, -0.05) is 30.3 Å². The summed E-state index contributed by atoms with van der Waals surface area (Å²) in [7, 11) is 0. The molecule has 0 aromatic heterocycles. The lowest BCUT2D eigenvalue weighted by molar-refractivity contribution is -0.0241. The Hall–Kier alpha value is -1.59. The molecule has 138 valence electrons. The monoisotopic (exact) mass is 346 g/mol. The number of piperazine rings is 1. The van der Waals surface area contributed by atoms with Gasteiger partial charge >= 0.3 is 6.09 Å². The Bertz CT molecular complexity index is 584. The summed E-state index contributed by atoms with van der Waals surface area (Å²) in [6, 6.07) is 10.7. The third-order valence-corrected chi connectivity index (χ3v) is 4.83. The summed E-state index contributed by atoms with van der Waals surface area (Å²) in [5.74, 6) is 0. The molecule has 0 spiro atoms. The van der Waals surface area contributed by atoms with E-state index in [9.17, 15) is 4.79 Å². The minimum absolute atomic E-state index is 0.0669. The van der Waals surface area contributed by atoms with Crippen LogP contribution in [0, 0.1) is 0 Å². The number of carbonyl (C=O) groups excluding carboxylic acids is 1. The van der Waals surface area contributed by atoms with Gasteiger partial charge in [0.2, 0.25) is 0 Å². The molecule has 1 amide bonds. The van der Waals surface area contributed by atoms with Crippen LogP contribution < -0.4 is 0 Å². The summed E-state index contributed by atoms with van der Waals surface area (Å²) in [6.07, 6.45) is 0.788. The number of rotatable bonds is 4. The van der Waals surface area contributed by atoms with E-state index in [1.807, 2.05) is 38.7 Å². The van der Waals surface area contributed by atoms with E-state index in [2.05, 4.69) is 29.2 Å². The number of likely N-dealkylation sites (tertiary alicyclic amines) is 1. The Morgan fingerprint density at radius 1 is 1.20 bits per heavy atom. The van der Waals surface area contributed by atoms with Crippen LogP contribution in [0.4, 0.5) is 4.79 Å². The predicted octanol–water partition coefficient (Wildman–Crippen LogP) is 3.29. The van der Waals surface area contributed by atoms with E-state index in [0.29, 0.717) is 6.61 Å². The highest BCUT2D eigenvalue weighted by Gasteiger charge is 2.50. The number of hydrogen-bond donors (Lipinski definition) is 0. The summed E-state index contributed by atoms with van der Waals surface area (Å²) in [6.45, 7) is 11.0. The molecule has 0 aliphatic carbocycles. The Balaban J connectivity index is 1.72. The van der Waals surface area contributed by atoms with E-state index >= 15 is 0 Å². The Morgan fingerprint density at radius 2 is 1.92 bits per heavy atom. The van der Waals surface area contributed by atoms with Crippen LogP contribution in [0.1, 0.15) is 39.7 Å². The molecule has 2 aliphatic rings. The van der Waals surface area contributed by atoms with E-state index in [-0.39, 0.29) is 24.3 Å². The minimum Gasteiger partial charge on any atom is -0.444 e. The van der Waals surface area contributed by atoms with Gasteiger partial charge in [0, 0.05) is 26.2 Å². The third-order valence-electron chi connectivity index (χ3n) is 4.83. The average Bonchev–Trinajstić information content (AvgIpc) is 2.75. The van der Waals surface area contributed by atoms with Crippen LogP contribution in [-0.4, -0.2) is 59.4 Å². The summed E-state index contributed by atoms with van der Waals surface area (Å²) in [5, 5.41) is 0. The van der Waals surface area contributed by atoms with Crippen LogP contribution in [0.5, 0.6) is 0 Å². The fourth-order valence-corrected chi connectivity index (χ4v) is 3.96. The zero-order valence-electron chi connectivity index (χ0n) is 15.8. The molecule has 5 nitrogen and oxygen atoms in total. The minimum atomic E-state index is -0.473. The first-order valence-corrected chi connectivity index (χ1v) is 9.26. The van der Waals surface area contributed by atoms with Crippen molar-refractivity contribution in [3.8, 4) is 0 Å². The maximum absolute atomic E-state index is 12.7. The molecule has 0 saturated carbocycles. The van der Waals surface area contributed by atoms with Gasteiger partial charge in [-0.05, 0) is 39.7 Å². The van der Waals surface area contributed by atoms with Gasteiger partial charge in [-0.25, -0.2) is 4.79 Å². The zero-order valence-corrected chi connectivity index (χ0v) is 15.8. The molecule has 2 aliphatic heterocycles. The molecular formula is C20H30N2O3. The second-order valence-corrected chi connectivity index (χ2v) is 8.02. The van der Waals surface area contributed by atoms with Crippen LogP contribution in [0.3, 0.4) is 0 Å². The standard InChI is InChI=1S/C20H30N2O3/c1-5-24-18-11-16-13-21(12-15-9-7-6-8-10-15)14-17(18)22(16)19(23)25-20(2,3)4/h6-10,16-18H,5,11-14H2,1-4H3/t16-,17-,18-/m0/s1. The molecule has 3 atom stereocenters. The van der Waals surface area contributed by atoms with Crippen molar-refractivity contribution in [1.29, 1.82) is 0 Å². The van der Waals surface area contributed by atoms with Crippen LogP contribution in [0.25, 0.3) is 0 Å². The zero-order chi connectivity index (χ0) is 18.0. The van der Waals surface area contributed by atoms with Crippen molar-refractivity contribution in [3.63, 3.8) is 0 Å². The van der Waals surface area contributed by atoms with Gasteiger partial charge in [-0.2, -0.15) is 0 Å². The predicted molar refractivity (Wildman–Crippen MR) is 97.4 cm³/mol. The van der Waals surface area contributed by atoms with Gasteiger partial charge in [0.25, 0.3) is 0 Å². The fourth-order valence-electron chi connectivity index (χ4n) is 3.96. The maximum atomic E-state index is 12.7. The van der Waals surface area contributed by atoms with Gasteiger partial charge < -0.3 is 9.47 Å².